The van der Waals surface area contributed by atoms with Gasteiger partial charge >= 0.3 is 204 Å². The molecule has 0 bridgehead atoms. The molecule has 0 saturated heterocycles. The van der Waals surface area contributed by atoms with Crippen molar-refractivity contribution in [3.63, 3.8) is 0 Å². The van der Waals surface area contributed by atoms with E-state index in [1.165, 1.54) is 55.4 Å². The first kappa shape index (κ1) is 29.4. The fourth-order valence-electron chi connectivity index (χ4n) is 4.39. The molecule has 3 nitrogen and oxygen atoms in total. The predicted molar refractivity (Wildman–Crippen MR) is 143 cm³/mol. The van der Waals surface area contributed by atoms with Crippen LogP contribution >= 0.6 is 0 Å². The van der Waals surface area contributed by atoms with Gasteiger partial charge in [-0.1, -0.05) is 0 Å². The summed E-state index contributed by atoms with van der Waals surface area (Å²) in [5.41, 5.74) is 1.07. The minimum atomic E-state index is -3.54. The molecule has 0 aliphatic carbocycles. The summed E-state index contributed by atoms with van der Waals surface area (Å²) in [4.78, 5) is 0.394. The van der Waals surface area contributed by atoms with Crippen molar-refractivity contribution in [2.45, 2.75) is 97.3 Å². The average Bonchev–Trinajstić information content (AvgIpc) is 2.78. The first-order valence-electron chi connectivity index (χ1n) is 12.6. The molecule has 0 fully saturated rings. The molecule has 0 radical (unpaired) electrons. The Bertz CT molecular complexity index is 765. The van der Waals surface area contributed by atoms with Gasteiger partial charge in [-0.3, -0.25) is 0 Å². The molecule has 182 valence electrons. The summed E-state index contributed by atoms with van der Waals surface area (Å²) in [6.07, 6.45) is 10.9. The molecule has 0 unspecified atom stereocenters. The number of benzene rings is 1. The maximum absolute atomic E-state index is 13.6. The second kappa shape index (κ2) is 15.3. The minimum absolute atomic E-state index is 0.394. The molecule has 0 atom stereocenters. The van der Waals surface area contributed by atoms with E-state index in [9.17, 15) is 8.42 Å². The zero-order valence-corrected chi connectivity index (χ0v) is 24.8. The predicted octanol–water partition coefficient (Wildman–Crippen LogP) is 7.90. The summed E-state index contributed by atoms with van der Waals surface area (Å²) in [5, 5.41) is 0. The third-order valence-corrected chi connectivity index (χ3v) is 24.4. The Hall–Kier alpha value is -0.591. The van der Waals surface area contributed by atoms with E-state index in [0.29, 0.717) is 18.0 Å². The summed E-state index contributed by atoms with van der Waals surface area (Å²) < 4.78 is 34.2. The summed E-state index contributed by atoms with van der Waals surface area (Å²) in [5.74, 6) is 0. The van der Waals surface area contributed by atoms with Crippen LogP contribution in [0.3, 0.4) is 0 Å². The summed E-state index contributed by atoms with van der Waals surface area (Å²) >= 11 is -2.71. The molecule has 0 spiro atoms. The standard InChI is InChI=1S/C15H20NO2S.3C4H9.Sn/c1-4-6-7-13-16(12-5-2)19(17,18)15-10-8-14(3)9-11-15;3*1-3-4-2;/h4,8-11H,1-2,6-7,12-13H2,3H3;3*1,3-4H2,2H3;. The van der Waals surface area contributed by atoms with Crippen LogP contribution in [0.2, 0.25) is 13.3 Å². The van der Waals surface area contributed by atoms with Gasteiger partial charge in [-0.05, 0) is 0 Å². The van der Waals surface area contributed by atoms with E-state index in [1.807, 2.05) is 25.1 Å². The number of allylic oxidation sites excluding steroid dienone is 1. The molecule has 32 heavy (non-hydrogen) atoms. The SMILES string of the molecule is C=CCCCN(C[C](=C)[Sn]([CH2]CCC)([CH2]CCC)[CH2]CCC)S(=O)(=O)c1ccc(C)cc1. The molecular weight excluding hydrogens is 521 g/mol. The Morgan fingerprint density at radius 3 is 1.88 bits per heavy atom. The Labute approximate surface area is 203 Å². The average molecular weight is 568 g/mol. The van der Waals surface area contributed by atoms with Crippen LogP contribution in [-0.2, 0) is 10.0 Å². The van der Waals surface area contributed by atoms with Crippen LogP contribution in [0, 0.1) is 6.92 Å². The van der Waals surface area contributed by atoms with E-state index >= 15 is 0 Å². The van der Waals surface area contributed by atoms with Gasteiger partial charge in [0, 0.05) is 0 Å². The van der Waals surface area contributed by atoms with Gasteiger partial charge in [0.15, 0.2) is 0 Å². The zero-order chi connectivity index (χ0) is 24.0. The number of aryl methyl sites for hydroxylation is 1. The van der Waals surface area contributed by atoms with Crippen molar-refractivity contribution in [3.05, 3.63) is 52.7 Å². The van der Waals surface area contributed by atoms with E-state index < -0.39 is 28.4 Å². The van der Waals surface area contributed by atoms with Crippen molar-refractivity contribution < 1.29 is 8.42 Å². The van der Waals surface area contributed by atoms with Crippen LogP contribution in [0.15, 0.2) is 52.0 Å². The Morgan fingerprint density at radius 2 is 1.44 bits per heavy atom. The van der Waals surface area contributed by atoms with E-state index in [1.54, 1.807) is 16.4 Å². The fourth-order valence-corrected chi connectivity index (χ4v) is 21.7. The number of nitrogens with zero attached hydrogens (tertiary/aromatic N) is 1. The first-order valence-corrected chi connectivity index (χ1v) is 21.6. The van der Waals surface area contributed by atoms with Crippen LogP contribution in [-0.4, -0.2) is 44.2 Å². The Kier molecular flexibility index (Phi) is 14.1. The topological polar surface area (TPSA) is 37.4 Å². The third kappa shape index (κ3) is 8.98. The van der Waals surface area contributed by atoms with Crippen LogP contribution < -0.4 is 0 Å². The first-order chi connectivity index (χ1) is 15.3. The summed E-state index contributed by atoms with van der Waals surface area (Å²) in [6, 6.07) is 7.26. The fraction of sp³-hybridized carbons (Fsp3) is 0.630. The van der Waals surface area contributed by atoms with Gasteiger partial charge in [0.05, 0.1) is 0 Å². The van der Waals surface area contributed by atoms with E-state index in [2.05, 4.69) is 33.9 Å². The van der Waals surface area contributed by atoms with Gasteiger partial charge < -0.3 is 0 Å². The molecule has 0 N–H and O–H groups in total. The normalized spacial score (nSPS) is 12.3. The number of hydrogen-bond acceptors (Lipinski definition) is 2. The molecule has 0 amide bonds. The van der Waals surface area contributed by atoms with Crippen molar-refractivity contribution >= 4 is 28.4 Å². The molecule has 0 heterocycles. The van der Waals surface area contributed by atoms with Gasteiger partial charge in [0.25, 0.3) is 0 Å². The Balaban J connectivity index is 3.27. The van der Waals surface area contributed by atoms with Crippen LogP contribution in [0.1, 0.15) is 77.7 Å². The molecule has 5 heteroatoms. The van der Waals surface area contributed by atoms with Gasteiger partial charge in [-0.25, -0.2) is 0 Å². The van der Waals surface area contributed by atoms with Gasteiger partial charge in [0.1, 0.15) is 0 Å². The molecule has 1 aromatic rings. The second-order valence-electron chi connectivity index (χ2n) is 9.28. The number of hydrogen-bond donors (Lipinski definition) is 0. The van der Waals surface area contributed by atoms with E-state index in [4.69, 9.17) is 0 Å². The second-order valence-corrected chi connectivity index (χ2v) is 24.8. The number of rotatable bonds is 18. The van der Waals surface area contributed by atoms with Crippen molar-refractivity contribution in [3.8, 4) is 0 Å². The zero-order valence-electron chi connectivity index (χ0n) is 21.2. The number of sulfonamides is 1. The molecular formula is C27H47NO2SSn. The molecule has 1 aromatic carbocycles. The molecule has 0 aliphatic rings. The van der Waals surface area contributed by atoms with Crippen LogP contribution in [0.25, 0.3) is 0 Å². The van der Waals surface area contributed by atoms with Crippen molar-refractivity contribution in [1.82, 2.24) is 4.31 Å². The monoisotopic (exact) mass is 569 g/mol. The quantitative estimate of drug-likeness (QED) is 0.103. The van der Waals surface area contributed by atoms with Gasteiger partial charge in [0.2, 0.25) is 0 Å². The van der Waals surface area contributed by atoms with Crippen molar-refractivity contribution in [1.29, 1.82) is 0 Å². The molecule has 0 saturated carbocycles. The van der Waals surface area contributed by atoms with E-state index in [0.717, 1.165) is 18.4 Å². The maximum atomic E-state index is 13.6. The number of unbranched alkanes of at least 4 members (excludes halogenated alkanes) is 4. The molecule has 0 aliphatic heterocycles. The molecule has 0 aromatic heterocycles. The Morgan fingerprint density at radius 1 is 0.938 bits per heavy atom. The van der Waals surface area contributed by atoms with Gasteiger partial charge in [-0.15, -0.1) is 0 Å². The van der Waals surface area contributed by atoms with Crippen molar-refractivity contribution in [2.24, 2.45) is 0 Å². The summed E-state index contributed by atoms with van der Waals surface area (Å²) in [7, 11) is -3.54. The summed E-state index contributed by atoms with van der Waals surface area (Å²) in [6.45, 7) is 18.3. The molecule has 1 rings (SSSR count). The van der Waals surface area contributed by atoms with E-state index in [-0.39, 0.29) is 0 Å². The van der Waals surface area contributed by atoms with Gasteiger partial charge in [-0.2, -0.15) is 0 Å². The van der Waals surface area contributed by atoms with Crippen LogP contribution in [0.5, 0.6) is 0 Å². The van der Waals surface area contributed by atoms with Crippen molar-refractivity contribution in [2.75, 3.05) is 13.1 Å². The van der Waals surface area contributed by atoms with Crippen LogP contribution in [0.4, 0.5) is 0 Å². The third-order valence-electron chi connectivity index (χ3n) is 6.62.